The van der Waals surface area contributed by atoms with E-state index in [9.17, 15) is 17.6 Å². The monoisotopic (exact) mass is 420 g/mol. The normalized spacial score (nSPS) is 16.9. The van der Waals surface area contributed by atoms with Crippen LogP contribution in [0.15, 0.2) is 53.4 Å². The Hall–Kier alpha value is -2.49. The first-order valence-corrected chi connectivity index (χ1v) is 11.0. The van der Waals surface area contributed by atoms with Crippen LogP contribution in [-0.2, 0) is 14.8 Å². The molecule has 9 heteroatoms. The second kappa shape index (κ2) is 8.89. The number of sulfonamides is 1. The number of carbonyl (C=O) groups is 1. The van der Waals surface area contributed by atoms with Crippen LogP contribution in [0.3, 0.4) is 0 Å². The minimum Gasteiger partial charge on any atom is -0.370 e. The van der Waals surface area contributed by atoms with Crippen molar-refractivity contribution in [2.24, 2.45) is 5.14 Å². The zero-order chi connectivity index (χ0) is 21.0. The van der Waals surface area contributed by atoms with Gasteiger partial charge in [-0.1, -0.05) is 0 Å². The van der Waals surface area contributed by atoms with Crippen molar-refractivity contribution in [3.8, 4) is 0 Å². The van der Waals surface area contributed by atoms with Crippen LogP contribution in [-0.4, -0.2) is 51.4 Å². The topological polar surface area (TPSA) is 95.7 Å². The molecule has 7 nitrogen and oxygen atoms in total. The minimum atomic E-state index is -3.76. The Labute approximate surface area is 170 Å². The van der Waals surface area contributed by atoms with Crippen LogP contribution in [0.4, 0.5) is 15.8 Å². The van der Waals surface area contributed by atoms with Crippen molar-refractivity contribution in [2.45, 2.75) is 24.3 Å². The Morgan fingerprint density at radius 1 is 1.03 bits per heavy atom. The molecular weight excluding hydrogens is 395 g/mol. The second-order valence-electron chi connectivity index (χ2n) is 7.09. The quantitative estimate of drug-likeness (QED) is 0.772. The summed E-state index contributed by atoms with van der Waals surface area (Å²) in [5.41, 5.74) is 1.48. The molecule has 3 N–H and O–H groups in total. The first-order chi connectivity index (χ1) is 13.7. The average molecular weight is 421 g/mol. The smallest absolute Gasteiger partial charge is 0.241 e. The predicted octanol–water partition coefficient (Wildman–Crippen LogP) is 2.01. The van der Waals surface area contributed by atoms with E-state index in [0.717, 1.165) is 31.7 Å². The molecule has 1 heterocycles. The number of carbonyl (C=O) groups excluding carboxylic acids is 1. The van der Waals surface area contributed by atoms with Crippen molar-refractivity contribution < 1.29 is 17.6 Å². The number of anilines is 2. The summed E-state index contributed by atoms with van der Waals surface area (Å²) in [5.74, 6) is -0.420. The van der Waals surface area contributed by atoms with E-state index >= 15 is 0 Å². The Morgan fingerprint density at radius 2 is 1.69 bits per heavy atom. The Morgan fingerprint density at radius 3 is 2.31 bits per heavy atom. The summed E-state index contributed by atoms with van der Waals surface area (Å²) in [4.78, 5) is 16.9. The molecule has 2 aromatic carbocycles. The van der Waals surface area contributed by atoms with Gasteiger partial charge in [0.1, 0.15) is 5.82 Å². The summed E-state index contributed by atoms with van der Waals surface area (Å²) >= 11 is 0. The highest BCUT2D eigenvalue weighted by Crippen LogP contribution is 2.19. The van der Waals surface area contributed by atoms with Gasteiger partial charge in [0.2, 0.25) is 15.9 Å². The lowest BCUT2D eigenvalue weighted by Crippen LogP contribution is -2.43. The highest BCUT2D eigenvalue weighted by atomic mass is 32.2. The average Bonchev–Trinajstić information content (AvgIpc) is 2.94. The Balaban J connectivity index is 1.59. The first kappa shape index (κ1) is 21.2. The molecule has 1 aliphatic heterocycles. The van der Waals surface area contributed by atoms with Gasteiger partial charge in [-0.25, -0.2) is 17.9 Å². The van der Waals surface area contributed by atoms with Crippen molar-refractivity contribution in [1.29, 1.82) is 0 Å². The molecule has 0 radical (unpaired) electrons. The van der Waals surface area contributed by atoms with Crippen LogP contribution in [0.5, 0.6) is 0 Å². The number of halogens is 1. The summed E-state index contributed by atoms with van der Waals surface area (Å²) in [7, 11) is -3.76. The number of benzene rings is 2. The van der Waals surface area contributed by atoms with Gasteiger partial charge in [0, 0.05) is 37.6 Å². The fourth-order valence-electron chi connectivity index (χ4n) is 3.38. The maximum absolute atomic E-state index is 13.1. The van der Waals surface area contributed by atoms with Crippen LogP contribution >= 0.6 is 0 Å². The number of nitrogens with two attached hydrogens (primary N) is 1. The summed E-state index contributed by atoms with van der Waals surface area (Å²) in [6, 6.07) is 11.9. The molecule has 0 aromatic heterocycles. The molecule has 1 unspecified atom stereocenters. The number of primary sulfonamides is 1. The van der Waals surface area contributed by atoms with Crippen LogP contribution in [0, 0.1) is 5.82 Å². The molecule has 156 valence electrons. The van der Waals surface area contributed by atoms with Crippen molar-refractivity contribution in [2.75, 3.05) is 36.4 Å². The molecule has 1 amide bonds. The molecule has 1 saturated heterocycles. The maximum atomic E-state index is 13.1. The summed E-state index contributed by atoms with van der Waals surface area (Å²) in [6.45, 7) is 4.91. The van der Waals surface area contributed by atoms with Gasteiger partial charge in [0.05, 0.1) is 10.9 Å². The standard InChI is InChI=1S/C20H25FN4O3S/c1-15(20(26)23-17-5-9-19(10-6-17)29(22,27)28)24-11-2-12-25(14-13-24)18-7-3-16(21)4-8-18/h3-10,15H,2,11-14H2,1H3,(H,23,26)(H2,22,27,28). The van der Waals surface area contributed by atoms with E-state index in [2.05, 4.69) is 15.1 Å². The molecule has 1 aliphatic rings. The van der Waals surface area contributed by atoms with E-state index in [1.807, 2.05) is 6.92 Å². The third-order valence-corrected chi connectivity index (χ3v) is 6.03. The summed E-state index contributed by atoms with van der Waals surface area (Å²) in [6.07, 6.45) is 0.887. The van der Waals surface area contributed by atoms with Gasteiger partial charge in [-0.2, -0.15) is 0 Å². The van der Waals surface area contributed by atoms with Crippen LogP contribution < -0.4 is 15.4 Å². The fourth-order valence-corrected chi connectivity index (χ4v) is 3.89. The van der Waals surface area contributed by atoms with Crippen molar-refractivity contribution >= 4 is 27.3 Å². The van der Waals surface area contributed by atoms with E-state index < -0.39 is 10.0 Å². The van der Waals surface area contributed by atoms with Gasteiger partial charge in [-0.15, -0.1) is 0 Å². The zero-order valence-electron chi connectivity index (χ0n) is 16.2. The zero-order valence-corrected chi connectivity index (χ0v) is 17.0. The van der Waals surface area contributed by atoms with E-state index in [-0.39, 0.29) is 22.7 Å². The SMILES string of the molecule is CC(C(=O)Nc1ccc(S(N)(=O)=O)cc1)N1CCCN(c2ccc(F)cc2)CC1. The lowest BCUT2D eigenvalue weighted by Gasteiger charge is -2.27. The number of nitrogens with one attached hydrogen (secondary N) is 1. The Bertz CT molecular complexity index is 949. The number of hydrogen-bond donors (Lipinski definition) is 2. The second-order valence-corrected chi connectivity index (χ2v) is 8.65. The summed E-state index contributed by atoms with van der Waals surface area (Å²) < 4.78 is 35.8. The van der Waals surface area contributed by atoms with E-state index in [4.69, 9.17) is 5.14 Å². The van der Waals surface area contributed by atoms with Crippen LogP contribution in [0.1, 0.15) is 13.3 Å². The molecule has 0 bridgehead atoms. The first-order valence-electron chi connectivity index (χ1n) is 9.42. The molecule has 1 atom stereocenters. The molecular formula is C20H25FN4O3S. The van der Waals surface area contributed by atoms with Crippen LogP contribution in [0.2, 0.25) is 0 Å². The van der Waals surface area contributed by atoms with Crippen LogP contribution in [0.25, 0.3) is 0 Å². The highest BCUT2D eigenvalue weighted by molar-refractivity contribution is 7.89. The van der Waals surface area contributed by atoms with E-state index in [1.165, 1.54) is 36.4 Å². The summed E-state index contributed by atoms with van der Waals surface area (Å²) in [5, 5.41) is 7.90. The van der Waals surface area contributed by atoms with Gasteiger partial charge in [0.25, 0.3) is 0 Å². The van der Waals surface area contributed by atoms with Gasteiger partial charge in [-0.3, -0.25) is 9.69 Å². The fraction of sp³-hybridized carbons (Fsp3) is 0.350. The third kappa shape index (κ3) is 5.53. The lowest BCUT2D eigenvalue weighted by molar-refractivity contribution is -0.120. The number of nitrogens with zero attached hydrogens (tertiary/aromatic N) is 2. The minimum absolute atomic E-state index is 0.00282. The molecule has 1 fully saturated rings. The molecule has 29 heavy (non-hydrogen) atoms. The number of amides is 1. The van der Waals surface area contributed by atoms with Gasteiger partial charge in [0.15, 0.2) is 0 Å². The van der Waals surface area contributed by atoms with Gasteiger partial charge in [-0.05, 0) is 61.9 Å². The van der Waals surface area contributed by atoms with Gasteiger partial charge >= 0.3 is 0 Å². The largest absolute Gasteiger partial charge is 0.370 e. The maximum Gasteiger partial charge on any atom is 0.241 e. The van der Waals surface area contributed by atoms with E-state index in [1.54, 1.807) is 12.1 Å². The predicted molar refractivity (Wildman–Crippen MR) is 111 cm³/mol. The number of rotatable bonds is 5. The molecule has 0 saturated carbocycles. The lowest BCUT2D eigenvalue weighted by atomic mass is 10.2. The Kier molecular flexibility index (Phi) is 6.51. The van der Waals surface area contributed by atoms with Crippen molar-refractivity contribution in [1.82, 2.24) is 4.90 Å². The third-order valence-electron chi connectivity index (χ3n) is 5.10. The molecule has 0 spiro atoms. The van der Waals surface area contributed by atoms with E-state index in [0.29, 0.717) is 12.2 Å². The number of hydrogen-bond acceptors (Lipinski definition) is 5. The molecule has 3 rings (SSSR count). The van der Waals surface area contributed by atoms with Gasteiger partial charge < -0.3 is 10.2 Å². The molecule has 2 aromatic rings. The van der Waals surface area contributed by atoms with Crippen molar-refractivity contribution in [3.05, 3.63) is 54.3 Å². The molecule has 0 aliphatic carbocycles. The van der Waals surface area contributed by atoms with Crippen molar-refractivity contribution in [3.63, 3.8) is 0 Å². The highest BCUT2D eigenvalue weighted by Gasteiger charge is 2.24.